The molecule has 14 heteroatoms. The number of amides is 1. The zero-order valence-electron chi connectivity index (χ0n) is 16.2. The van der Waals surface area contributed by atoms with E-state index in [1.165, 1.54) is 0 Å². The summed E-state index contributed by atoms with van der Waals surface area (Å²) in [5.41, 5.74) is -2.08. The highest BCUT2D eigenvalue weighted by Gasteiger charge is 2.44. The third-order valence-electron chi connectivity index (χ3n) is 5.39. The lowest BCUT2D eigenvalue weighted by Gasteiger charge is -2.26. The number of rotatable bonds is 3. The molecule has 1 fully saturated rings. The molecular weight excluding hydrogens is 465 g/mol. The summed E-state index contributed by atoms with van der Waals surface area (Å²) in [5, 5.41) is 3.54. The lowest BCUT2D eigenvalue weighted by Crippen LogP contribution is -2.43. The lowest BCUT2D eigenvalue weighted by atomic mass is 10.0. The second-order valence-electron chi connectivity index (χ2n) is 7.63. The molecule has 0 saturated carbocycles. The first kappa shape index (κ1) is 22.4. The minimum atomic E-state index is -4.66. The summed E-state index contributed by atoms with van der Waals surface area (Å²) in [6.45, 7) is -1.41. The average molecular weight is 480 g/mol. The standard InChI is InChI=1S/C18H15ClF5N5O3/c19-10-5-9(18(22,23)24)6-25-11(10)7-28-16(32)29-12(1-2-13(30)14(29)26-28)15(31)27-4-3-17(20,21)8-27/h5-6,12H,1-4,7-8H2. The van der Waals surface area contributed by atoms with Crippen molar-refractivity contribution >= 4 is 23.3 Å². The Morgan fingerprint density at radius 2 is 2.00 bits per heavy atom. The molecule has 0 aromatic carbocycles. The van der Waals surface area contributed by atoms with Gasteiger partial charge in [0.1, 0.15) is 6.04 Å². The number of halogens is 6. The molecule has 1 amide bonds. The molecule has 2 aromatic rings. The van der Waals surface area contributed by atoms with Crippen LogP contribution in [0, 0.1) is 0 Å². The summed E-state index contributed by atoms with van der Waals surface area (Å²) in [4.78, 5) is 42.6. The number of carbonyl (C=O) groups excluding carboxylic acids is 2. The Balaban J connectivity index is 1.65. The van der Waals surface area contributed by atoms with Gasteiger partial charge in [-0.25, -0.2) is 18.3 Å². The maximum atomic E-state index is 13.5. The molecule has 8 nitrogen and oxygen atoms in total. The number of aromatic nitrogens is 4. The molecule has 2 aliphatic heterocycles. The van der Waals surface area contributed by atoms with E-state index < -0.39 is 60.6 Å². The Hall–Kier alpha value is -2.83. The van der Waals surface area contributed by atoms with Gasteiger partial charge in [0.05, 0.1) is 29.4 Å². The van der Waals surface area contributed by atoms with E-state index in [0.29, 0.717) is 12.3 Å². The summed E-state index contributed by atoms with van der Waals surface area (Å²) in [6, 6.07) is -0.537. The fraction of sp³-hybridized carbons (Fsp3) is 0.500. The van der Waals surface area contributed by atoms with Crippen LogP contribution < -0.4 is 5.69 Å². The van der Waals surface area contributed by atoms with Crippen LogP contribution in [0.1, 0.15) is 47.2 Å². The van der Waals surface area contributed by atoms with E-state index in [0.717, 1.165) is 14.1 Å². The van der Waals surface area contributed by atoms with Crippen LogP contribution in [0.25, 0.3) is 0 Å². The van der Waals surface area contributed by atoms with Gasteiger partial charge in [-0.3, -0.25) is 19.1 Å². The number of nitrogens with zero attached hydrogens (tertiary/aromatic N) is 5. The molecular formula is C18H15ClF5N5O3. The molecule has 32 heavy (non-hydrogen) atoms. The number of carbonyl (C=O) groups is 2. The Morgan fingerprint density at radius 3 is 2.59 bits per heavy atom. The summed E-state index contributed by atoms with van der Waals surface area (Å²) in [6.07, 6.45) is -4.78. The lowest BCUT2D eigenvalue weighted by molar-refractivity contribution is -0.138. The molecule has 2 aromatic heterocycles. The fourth-order valence-electron chi connectivity index (χ4n) is 3.75. The molecule has 1 atom stereocenters. The van der Waals surface area contributed by atoms with Crippen LogP contribution in [0.15, 0.2) is 17.1 Å². The number of hydrogen-bond acceptors (Lipinski definition) is 5. The Morgan fingerprint density at radius 1 is 1.28 bits per heavy atom. The quantitative estimate of drug-likeness (QED) is 0.631. The Kier molecular flexibility index (Phi) is 5.34. The highest BCUT2D eigenvalue weighted by Crippen LogP contribution is 2.32. The predicted molar refractivity (Wildman–Crippen MR) is 98.6 cm³/mol. The number of hydrogen-bond donors (Lipinski definition) is 0. The maximum Gasteiger partial charge on any atom is 0.417 e. The van der Waals surface area contributed by atoms with Gasteiger partial charge < -0.3 is 4.90 Å². The first-order chi connectivity index (χ1) is 14.9. The number of ketones is 1. The van der Waals surface area contributed by atoms with E-state index in [9.17, 15) is 36.3 Å². The highest BCUT2D eigenvalue weighted by atomic mass is 35.5. The fourth-order valence-corrected chi connectivity index (χ4v) is 3.98. The van der Waals surface area contributed by atoms with Crippen molar-refractivity contribution in [2.24, 2.45) is 0 Å². The highest BCUT2D eigenvalue weighted by molar-refractivity contribution is 6.31. The van der Waals surface area contributed by atoms with Gasteiger partial charge in [-0.15, -0.1) is 5.10 Å². The monoisotopic (exact) mass is 479 g/mol. The van der Waals surface area contributed by atoms with Crippen molar-refractivity contribution < 1.29 is 31.5 Å². The zero-order valence-corrected chi connectivity index (χ0v) is 17.0. The van der Waals surface area contributed by atoms with Gasteiger partial charge in [0, 0.05) is 25.6 Å². The van der Waals surface area contributed by atoms with Crippen molar-refractivity contribution in [3.63, 3.8) is 0 Å². The molecule has 1 saturated heterocycles. The molecule has 172 valence electrons. The van der Waals surface area contributed by atoms with Crippen molar-refractivity contribution in [3.8, 4) is 0 Å². The van der Waals surface area contributed by atoms with Gasteiger partial charge in [-0.1, -0.05) is 11.6 Å². The van der Waals surface area contributed by atoms with Crippen molar-refractivity contribution in [3.05, 3.63) is 44.9 Å². The molecule has 2 aliphatic rings. The van der Waals surface area contributed by atoms with Gasteiger partial charge in [-0.2, -0.15) is 13.2 Å². The summed E-state index contributed by atoms with van der Waals surface area (Å²) in [5.74, 6) is -4.59. The van der Waals surface area contributed by atoms with Gasteiger partial charge >= 0.3 is 11.9 Å². The van der Waals surface area contributed by atoms with Gasteiger partial charge in [0.25, 0.3) is 5.92 Å². The van der Waals surface area contributed by atoms with Crippen LogP contribution in [0.3, 0.4) is 0 Å². The predicted octanol–water partition coefficient (Wildman–Crippen LogP) is 2.55. The minimum absolute atomic E-state index is 0.0579. The third-order valence-corrected chi connectivity index (χ3v) is 5.71. The summed E-state index contributed by atoms with van der Waals surface area (Å²) >= 11 is 5.87. The van der Waals surface area contributed by atoms with Crippen LogP contribution in [-0.2, 0) is 17.5 Å². The second-order valence-corrected chi connectivity index (χ2v) is 8.03. The molecule has 0 aliphatic carbocycles. The molecule has 0 spiro atoms. The molecule has 0 bridgehead atoms. The topological polar surface area (TPSA) is 90.1 Å². The number of fused-ring (bicyclic) bond motifs is 1. The zero-order chi connectivity index (χ0) is 23.4. The number of Topliss-reactive ketones (excluding diaryl/α,β-unsaturated/α-hetero) is 1. The first-order valence-electron chi connectivity index (χ1n) is 9.48. The minimum Gasteiger partial charge on any atom is -0.335 e. The Bertz CT molecular complexity index is 1160. The third kappa shape index (κ3) is 4.00. The van der Waals surface area contributed by atoms with Gasteiger partial charge in [0.15, 0.2) is 5.78 Å². The van der Waals surface area contributed by atoms with Crippen LogP contribution in [0.5, 0.6) is 0 Å². The molecule has 0 N–H and O–H groups in total. The molecule has 4 rings (SSSR count). The van der Waals surface area contributed by atoms with E-state index in [2.05, 4.69) is 10.1 Å². The molecule has 4 heterocycles. The van der Waals surface area contributed by atoms with Crippen molar-refractivity contribution in [1.29, 1.82) is 0 Å². The smallest absolute Gasteiger partial charge is 0.335 e. The first-order valence-corrected chi connectivity index (χ1v) is 9.86. The summed E-state index contributed by atoms with van der Waals surface area (Å²) in [7, 11) is 0. The SMILES string of the molecule is O=C1CCC(C(=O)N2CCC(F)(F)C2)n2c1nn(Cc1ncc(C(F)(F)F)cc1Cl)c2=O. The van der Waals surface area contributed by atoms with E-state index >= 15 is 0 Å². The second kappa shape index (κ2) is 7.64. The Labute approximate surface area is 181 Å². The van der Waals surface area contributed by atoms with Crippen LogP contribution in [-0.4, -0.2) is 54.9 Å². The molecule has 1 unspecified atom stereocenters. The summed E-state index contributed by atoms with van der Waals surface area (Å²) < 4.78 is 67.0. The van der Waals surface area contributed by atoms with E-state index in [1.807, 2.05) is 0 Å². The normalized spacial score (nSPS) is 20.5. The number of likely N-dealkylation sites (tertiary alicyclic amines) is 1. The number of pyridine rings is 1. The van der Waals surface area contributed by atoms with Crippen LogP contribution in [0.4, 0.5) is 22.0 Å². The largest absolute Gasteiger partial charge is 0.417 e. The number of alkyl halides is 5. The van der Waals surface area contributed by atoms with E-state index in [-0.39, 0.29) is 35.9 Å². The van der Waals surface area contributed by atoms with Crippen molar-refractivity contribution in [2.45, 2.75) is 43.9 Å². The van der Waals surface area contributed by atoms with Crippen molar-refractivity contribution in [2.75, 3.05) is 13.1 Å². The maximum absolute atomic E-state index is 13.5. The van der Waals surface area contributed by atoms with E-state index in [4.69, 9.17) is 11.6 Å². The average Bonchev–Trinajstić information content (AvgIpc) is 3.23. The molecule has 0 radical (unpaired) electrons. The van der Waals surface area contributed by atoms with Gasteiger partial charge in [-0.05, 0) is 12.5 Å². The van der Waals surface area contributed by atoms with Crippen LogP contribution >= 0.6 is 11.6 Å². The van der Waals surface area contributed by atoms with E-state index in [1.54, 1.807) is 0 Å². The van der Waals surface area contributed by atoms with Crippen LogP contribution in [0.2, 0.25) is 5.02 Å². The van der Waals surface area contributed by atoms with Gasteiger partial charge in [0.2, 0.25) is 11.7 Å². The van der Waals surface area contributed by atoms with Crippen molar-refractivity contribution in [1.82, 2.24) is 24.2 Å².